The number of nitrogens with two attached hydrogens (primary N) is 1. The fourth-order valence-corrected chi connectivity index (χ4v) is 2.23. The van der Waals surface area contributed by atoms with Crippen molar-refractivity contribution < 1.29 is 14.7 Å². The van der Waals surface area contributed by atoms with Crippen LogP contribution >= 0.6 is 0 Å². The Labute approximate surface area is 104 Å². The highest BCUT2D eigenvalue weighted by Crippen LogP contribution is 2.26. The number of aromatic amines is 1. The number of carbonyl (C=O) groups excluding carboxylic acids is 1. The monoisotopic (exact) mass is 251 g/mol. The molecular formula is C11H15N4O3+. The Balaban J connectivity index is 2.26. The molecule has 1 aliphatic heterocycles. The molecule has 7 heteroatoms. The van der Waals surface area contributed by atoms with Crippen molar-refractivity contribution in [1.82, 2.24) is 0 Å². The van der Waals surface area contributed by atoms with E-state index in [1.54, 1.807) is 12.3 Å². The average molecular weight is 251 g/mol. The van der Waals surface area contributed by atoms with E-state index >= 15 is 0 Å². The molecule has 1 saturated heterocycles. The Morgan fingerprint density at radius 1 is 1.61 bits per heavy atom. The Kier molecular flexibility index (Phi) is 3.40. The van der Waals surface area contributed by atoms with Crippen molar-refractivity contribution in [2.45, 2.75) is 12.8 Å². The summed E-state index contributed by atoms with van der Waals surface area (Å²) in [5.74, 6) is -0.154. The second-order valence-electron chi connectivity index (χ2n) is 4.35. The van der Waals surface area contributed by atoms with Crippen LogP contribution in [-0.2, 0) is 4.79 Å². The molecule has 0 radical (unpaired) electrons. The van der Waals surface area contributed by atoms with Crippen LogP contribution in [0.5, 0.6) is 0 Å². The van der Waals surface area contributed by atoms with Crippen LogP contribution in [0.15, 0.2) is 18.3 Å². The summed E-state index contributed by atoms with van der Waals surface area (Å²) in [6.45, 7) is 1.11. The van der Waals surface area contributed by atoms with Crippen LogP contribution in [0.25, 0.3) is 0 Å². The number of hydrogen-bond donors (Lipinski definition) is 1. The molecule has 1 aliphatic rings. The predicted octanol–water partition coefficient (Wildman–Crippen LogP) is 0.111. The molecule has 0 unspecified atom stereocenters. The molecular weight excluding hydrogens is 236 g/mol. The van der Waals surface area contributed by atoms with Crippen LogP contribution in [0.3, 0.4) is 0 Å². The third kappa shape index (κ3) is 2.39. The van der Waals surface area contributed by atoms with E-state index in [0.717, 1.165) is 12.8 Å². The fraction of sp³-hybridized carbons (Fsp3) is 0.455. The number of anilines is 1. The maximum Gasteiger partial charge on any atom is 0.357 e. The zero-order valence-corrected chi connectivity index (χ0v) is 9.83. The number of aromatic nitrogens is 1. The summed E-state index contributed by atoms with van der Waals surface area (Å²) < 4.78 is 0. The molecule has 0 bridgehead atoms. The van der Waals surface area contributed by atoms with Gasteiger partial charge in [0.15, 0.2) is 0 Å². The number of hydrogen-bond acceptors (Lipinski definition) is 4. The summed E-state index contributed by atoms with van der Waals surface area (Å²) in [7, 11) is 0. The third-order valence-corrected chi connectivity index (χ3v) is 3.15. The number of H-pyrrole nitrogens is 1. The van der Waals surface area contributed by atoms with Gasteiger partial charge in [-0.25, -0.2) is 4.98 Å². The first-order valence-electron chi connectivity index (χ1n) is 5.79. The number of amides is 1. The summed E-state index contributed by atoms with van der Waals surface area (Å²) in [4.78, 5) is 26.4. The molecule has 3 N–H and O–H groups in total. The number of pyridine rings is 1. The van der Waals surface area contributed by atoms with Crippen LogP contribution < -0.4 is 15.6 Å². The normalized spacial score (nSPS) is 19.6. The zero-order valence-electron chi connectivity index (χ0n) is 9.83. The van der Waals surface area contributed by atoms with E-state index in [2.05, 4.69) is 4.98 Å². The molecule has 2 rings (SSSR count). The first kappa shape index (κ1) is 12.3. The van der Waals surface area contributed by atoms with E-state index in [1.165, 1.54) is 6.07 Å². The molecule has 1 atom stereocenters. The first-order chi connectivity index (χ1) is 8.59. The molecule has 0 aromatic carbocycles. The first-order valence-corrected chi connectivity index (χ1v) is 5.79. The zero-order chi connectivity index (χ0) is 13.1. The quantitative estimate of drug-likeness (QED) is 0.608. The van der Waals surface area contributed by atoms with Crippen molar-refractivity contribution >= 4 is 17.4 Å². The molecule has 1 aromatic rings. The molecule has 1 aromatic heterocycles. The van der Waals surface area contributed by atoms with Crippen LogP contribution in [0, 0.1) is 16.0 Å². The summed E-state index contributed by atoms with van der Waals surface area (Å²) in [5, 5.41) is 10.9. The number of primary amides is 1. The van der Waals surface area contributed by atoms with Crippen LogP contribution in [0.2, 0.25) is 0 Å². The maximum absolute atomic E-state index is 11.2. The lowest BCUT2D eigenvalue weighted by Gasteiger charge is -2.25. The van der Waals surface area contributed by atoms with Gasteiger partial charge < -0.3 is 5.73 Å². The summed E-state index contributed by atoms with van der Waals surface area (Å²) in [5.41, 5.74) is 5.31. The number of nitrogens with zero attached hydrogens (tertiary/aromatic N) is 2. The average Bonchev–Trinajstić information content (AvgIpc) is 2.39. The molecule has 2 heterocycles. The lowest BCUT2D eigenvalue weighted by Crippen LogP contribution is -2.43. The van der Waals surface area contributed by atoms with E-state index in [0.29, 0.717) is 18.9 Å². The summed E-state index contributed by atoms with van der Waals surface area (Å²) >= 11 is 0. The summed E-state index contributed by atoms with van der Waals surface area (Å²) in [6, 6.07) is 3.02. The van der Waals surface area contributed by atoms with Gasteiger partial charge >= 0.3 is 11.5 Å². The van der Waals surface area contributed by atoms with Gasteiger partial charge in [0.2, 0.25) is 5.91 Å². The van der Waals surface area contributed by atoms with E-state index in [1.807, 2.05) is 4.90 Å². The number of nitro groups is 1. The van der Waals surface area contributed by atoms with E-state index < -0.39 is 4.92 Å². The van der Waals surface area contributed by atoms with Gasteiger partial charge in [-0.1, -0.05) is 0 Å². The van der Waals surface area contributed by atoms with Gasteiger partial charge in [0, 0.05) is 6.07 Å². The Bertz CT molecular complexity index is 477. The van der Waals surface area contributed by atoms with E-state index in [4.69, 9.17) is 5.73 Å². The second kappa shape index (κ2) is 4.99. The lowest BCUT2D eigenvalue weighted by molar-refractivity contribution is -0.411. The maximum atomic E-state index is 11.2. The largest absolute Gasteiger partial charge is 0.369 e. The predicted molar refractivity (Wildman–Crippen MR) is 63.8 cm³/mol. The van der Waals surface area contributed by atoms with Crippen molar-refractivity contribution in [3.8, 4) is 0 Å². The van der Waals surface area contributed by atoms with Crippen LogP contribution in [0.1, 0.15) is 12.8 Å². The highest BCUT2D eigenvalue weighted by Gasteiger charge is 2.34. The van der Waals surface area contributed by atoms with Gasteiger partial charge in [-0.15, -0.1) is 0 Å². The fourth-order valence-electron chi connectivity index (χ4n) is 2.23. The summed E-state index contributed by atoms with van der Waals surface area (Å²) in [6.07, 6.45) is 3.18. The molecule has 1 fully saturated rings. The minimum Gasteiger partial charge on any atom is -0.369 e. The van der Waals surface area contributed by atoms with Crippen molar-refractivity contribution in [3.05, 3.63) is 28.4 Å². The smallest absolute Gasteiger partial charge is 0.357 e. The molecule has 0 spiro atoms. The van der Waals surface area contributed by atoms with Crippen molar-refractivity contribution in [2.75, 3.05) is 18.0 Å². The van der Waals surface area contributed by atoms with Crippen molar-refractivity contribution in [3.63, 3.8) is 0 Å². The highest BCUT2D eigenvalue weighted by molar-refractivity contribution is 5.77. The molecule has 96 valence electrons. The molecule has 7 nitrogen and oxygen atoms in total. The van der Waals surface area contributed by atoms with Gasteiger partial charge in [-0.2, -0.15) is 0 Å². The van der Waals surface area contributed by atoms with Gasteiger partial charge in [0.05, 0.1) is 30.1 Å². The van der Waals surface area contributed by atoms with Crippen LogP contribution in [0.4, 0.5) is 11.5 Å². The molecule has 1 amide bonds. The molecule has 0 saturated carbocycles. The second-order valence-corrected chi connectivity index (χ2v) is 4.35. The lowest BCUT2D eigenvalue weighted by atomic mass is 9.97. The number of piperidine rings is 1. The Morgan fingerprint density at radius 3 is 3.06 bits per heavy atom. The SMILES string of the molecule is NC(=O)[C@H]1CCCN(c2[nH+]cccc2[N+](=O)[O-])C1. The highest BCUT2D eigenvalue weighted by atomic mass is 16.6. The third-order valence-electron chi connectivity index (χ3n) is 3.15. The van der Waals surface area contributed by atoms with Crippen molar-refractivity contribution in [2.24, 2.45) is 11.7 Å². The minimum atomic E-state index is -0.431. The Hall–Kier alpha value is -2.18. The van der Waals surface area contributed by atoms with Gasteiger partial charge in [0.25, 0.3) is 0 Å². The topological polar surface area (TPSA) is 104 Å². The van der Waals surface area contributed by atoms with Gasteiger partial charge in [-0.05, 0) is 18.9 Å². The molecule has 0 aliphatic carbocycles. The van der Waals surface area contributed by atoms with Crippen molar-refractivity contribution in [1.29, 1.82) is 0 Å². The van der Waals surface area contributed by atoms with Gasteiger partial charge in [0.1, 0.15) is 0 Å². The number of rotatable bonds is 3. The van der Waals surface area contributed by atoms with Gasteiger partial charge in [-0.3, -0.25) is 19.8 Å². The minimum absolute atomic E-state index is 0.0163. The van der Waals surface area contributed by atoms with E-state index in [9.17, 15) is 14.9 Å². The Morgan fingerprint density at radius 2 is 2.39 bits per heavy atom. The standard InChI is InChI=1S/C11H14N4O3/c12-10(16)8-3-2-6-14(7-8)11-9(15(17)18)4-1-5-13-11/h1,4-5,8H,2-3,6-7H2,(H2,12,16)/p+1/t8-/m0/s1. The van der Waals surface area contributed by atoms with E-state index in [-0.39, 0.29) is 17.5 Å². The molecule has 18 heavy (non-hydrogen) atoms. The number of nitrogens with one attached hydrogen (secondary N) is 1. The van der Waals surface area contributed by atoms with Crippen LogP contribution in [-0.4, -0.2) is 23.9 Å². The number of carbonyl (C=O) groups is 1.